The molecule has 1 aromatic heterocycles. The van der Waals surface area contributed by atoms with Crippen molar-refractivity contribution in [1.82, 2.24) is 4.98 Å². The Hall–Kier alpha value is -2.38. The van der Waals surface area contributed by atoms with Crippen molar-refractivity contribution in [2.45, 2.75) is 6.54 Å². The van der Waals surface area contributed by atoms with Crippen LogP contribution in [0, 0.1) is 29.3 Å². The largest absolute Gasteiger partial charge is 0.376 e. The minimum atomic E-state index is -1.75. The summed E-state index contributed by atoms with van der Waals surface area (Å²) in [6.07, 6.45) is 0. The number of nitrogens with zero attached hydrogens (tertiary/aromatic N) is 2. The lowest BCUT2D eigenvalue weighted by Crippen LogP contribution is -2.12. The molecule has 0 amide bonds. The molecule has 1 heterocycles. The van der Waals surface area contributed by atoms with Gasteiger partial charge in [-0.05, 0) is 17.7 Å². The first kappa shape index (κ1) is 16.0. The molecule has 0 saturated heterocycles. The van der Waals surface area contributed by atoms with Gasteiger partial charge < -0.3 is 10.2 Å². The van der Waals surface area contributed by atoms with Crippen LogP contribution in [0.3, 0.4) is 0 Å². The van der Waals surface area contributed by atoms with Gasteiger partial charge in [-0.2, -0.15) is 22.5 Å². The monoisotopic (exact) mass is 317 g/mol. The molecule has 0 unspecified atom stereocenters. The minimum absolute atomic E-state index is 0.221. The first-order chi connectivity index (χ1) is 10.3. The van der Waals surface area contributed by atoms with Crippen LogP contribution in [-0.2, 0) is 6.54 Å². The number of pyridine rings is 1. The van der Waals surface area contributed by atoms with E-state index in [1.165, 1.54) is 12.1 Å². The first-order valence-corrected chi connectivity index (χ1v) is 6.21. The highest BCUT2D eigenvalue weighted by Gasteiger charge is 2.20. The smallest absolute Gasteiger partial charge is 0.253 e. The number of anilines is 2. The van der Waals surface area contributed by atoms with Gasteiger partial charge in [0.25, 0.3) is 11.9 Å². The molecule has 3 nitrogen and oxygen atoms in total. The van der Waals surface area contributed by atoms with Crippen molar-refractivity contribution in [2.24, 2.45) is 0 Å². The van der Waals surface area contributed by atoms with Gasteiger partial charge in [-0.15, -0.1) is 0 Å². The van der Waals surface area contributed by atoms with Gasteiger partial charge in [0, 0.05) is 20.6 Å². The fourth-order valence-electron chi connectivity index (χ4n) is 1.86. The van der Waals surface area contributed by atoms with E-state index in [1.807, 2.05) is 0 Å². The maximum absolute atomic E-state index is 13.8. The second-order valence-corrected chi connectivity index (χ2v) is 4.73. The van der Waals surface area contributed by atoms with E-state index in [9.17, 15) is 22.0 Å². The summed E-state index contributed by atoms with van der Waals surface area (Å²) >= 11 is 0. The third kappa shape index (κ3) is 3.10. The van der Waals surface area contributed by atoms with E-state index in [2.05, 4.69) is 10.3 Å². The van der Waals surface area contributed by atoms with Crippen LogP contribution in [0.5, 0.6) is 0 Å². The normalized spacial score (nSPS) is 10.7. The molecule has 1 N–H and O–H groups in total. The second kappa shape index (κ2) is 6.17. The van der Waals surface area contributed by atoms with Crippen molar-refractivity contribution in [3.63, 3.8) is 0 Å². The standard InChI is InChI=1S/C14H12F5N3/c1-22(2)9-4-3-7(5-8(9)15)6-20-12-10(16)13(18)21-14(19)11(12)17/h3-5H,6H2,1-2H3,(H,20,21). The quantitative estimate of drug-likeness (QED) is 0.691. The van der Waals surface area contributed by atoms with Crippen LogP contribution >= 0.6 is 0 Å². The van der Waals surface area contributed by atoms with E-state index in [0.717, 1.165) is 6.07 Å². The lowest BCUT2D eigenvalue weighted by Gasteiger charge is -2.15. The van der Waals surface area contributed by atoms with Gasteiger partial charge in [-0.3, -0.25) is 0 Å². The van der Waals surface area contributed by atoms with E-state index in [4.69, 9.17) is 0 Å². The Kier molecular flexibility index (Phi) is 4.48. The lowest BCUT2D eigenvalue weighted by molar-refractivity contribution is 0.410. The third-order valence-electron chi connectivity index (χ3n) is 2.96. The Balaban J connectivity index is 2.23. The zero-order valence-corrected chi connectivity index (χ0v) is 11.7. The molecule has 1 aromatic carbocycles. The van der Waals surface area contributed by atoms with Crippen LogP contribution in [0.25, 0.3) is 0 Å². The zero-order chi connectivity index (χ0) is 16.4. The summed E-state index contributed by atoms with van der Waals surface area (Å²) in [5, 5.41) is 2.20. The van der Waals surface area contributed by atoms with Gasteiger partial charge in [-0.25, -0.2) is 4.39 Å². The topological polar surface area (TPSA) is 28.2 Å². The van der Waals surface area contributed by atoms with Gasteiger partial charge in [0.2, 0.25) is 11.6 Å². The summed E-state index contributed by atoms with van der Waals surface area (Å²) in [7, 11) is 3.31. The molecule has 0 atom stereocenters. The molecular formula is C14H12F5N3. The van der Waals surface area contributed by atoms with E-state index in [0.29, 0.717) is 11.3 Å². The van der Waals surface area contributed by atoms with Crippen LogP contribution < -0.4 is 10.2 Å². The summed E-state index contributed by atoms with van der Waals surface area (Å²) in [5.41, 5.74) is -0.302. The zero-order valence-electron chi connectivity index (χ0n) is 11.7. The Morgan fingerprint density at radius 3 is 2.09 bits per heavy atom. The average molecular weight is 317 g/mol. The third-order valence-corrected chi connectivity index (χ3v) is 2.96. The van der Waals surface area contributed by atoms with Gasteiger partial charge in [-0.1, -0.05) is 6.07 Å². The highest BCUT2D eigenvalue weighted by Crippen LogP contribution is 2.24. The number of nitrogens with one attached hydrogen (secondary N) is 1. The Labute approximate surface area is 123 Å². The van der Waals surface area contributed by atoms with Crippen LogP contribution in [0.15, 0.2) is 18.2 Å². The maximum Gasteiger partial charge on any atom is 0.253 e. The number of halogens is 5. The molecule has 0 saturated carbocycles. The molecule has 22 heavy (non-hydrogen) atoms. The molecule has 8 heteroatoms. The van der Waals surface area contributed by atoms with Gasteiger partial charge >= 0.3 is 0 Å². The molecule has 118 valence electrons. The predicted molar refractivity (Wildman–Crippen MR) is 72.1 cm³/mol. The molecule has 0 aliphatic rings. The van der Waals surface area contributed by atoms with E-state index in [-0.39, 0.29) is 6.54 Å². The fraction of sp³-hybridized carbons (Fsp3) is 0.214. The summed E-state index contributed by atoms with van der Waals surface area (Å²) in [5.74, 6) is -7.31. The summed E-state index contributed by atoms with van der Waals surface area (Å²) in [4.78, 5) is 4.00. The SMILES string of the molecule is CN(C)c1ccc(CNc2c(F)c(F)nc(F)c2F)cc1F. The number of hydrogen-bond donors (Lipinski definition) is 1. The van der Waals surface area contributed by atoms with Gasteiger partial charge in [0.05, 0.1) is 5.69 Å². The first-order valence-electron chi connectivity index (χ1n) is 6.21. The number of aromatic nitrogens is 1. The highest BCUT2D eigenvalue weighted by molar-refractivity contribution is 5.49. The molecule has 0 fully saturated rings. The van der Waals surface area contributed by atoms with Gasteiger partial charge in [0.1, 0.15) is 11.5 Å². The van der Waals surface area contributed by atoms with Crippen molar-refractivity contribution in [3.05, 3.63) is 53.1 Å². The number of rotatable bonds is 4. The molecule has 0 spiro atoms. The van der Waals surface area contributed by atoms with E-state index < -0.39 is 35.0 Å². The Morgan fingerprint density at radius 1 is 1.00 bits per heavy atom. The predicted octanol–water partition coefficient (Wildman–Crippen LogP) is 3.46. The van der Waals surface area contributed by atoms with Crippen molar-refractivity contribution >= 4 is 11.4 Å². The van der Waals surface area contributed by atoms with Crippen molar-refractivity contribution in [2.75, 3.05) is 24.3 Å². The van der Waals surface area contributed by atoms with Gasteiger partial charge in [0.15, 0.2) is 0 Å². The highest BCUT2D eigenvalue weighted by atomic mass is 19.2. The maximum atomic E-state index is 13.8. The summed E-state index contributed by atoms with van der Waals surface area (Å²) < 4.78 is 66.5. The molecular weight excluding hydrogens is 305 g/mol. The molecule has 2 rings (SSSR count). The minimum Gasteiger partial charge on any atom is -0.376 e. The molecule has 2 aromatic rings. The van der Waals surface area contributed by atoms with Crippen LogP contribution in [0.2, 0.25) is 0 Å². The number of benzene rings is 1. The van der Waals surface area contributed by atoms with E-state index >= 15 is 0 Å². The molecule has 0 bridgehead atoms. The fourth-order valence-corrected chi connectivity index (χ4v) is 1.86. The molecule has 0 aliphatic carbocycles. The second-order valence-electron chi connectivity index (χ2n) is 4.73. The summed E-state index contributed by atoms with van der Waals surface area (Å²) in [6.45, 7) is -0.221. The average Bonchev–Trinajstić information content (AvgIpc) is 2.45. The van der Waals surface area contributed by atoms with Crippen molar-refractivity contribution in [1.29, 1.82) is 0 Å². The van der Waals surface area contributed by atoms with Crippen LogP contribution in [-0.4, -0.2) is 19.1 Å². The van der Waals surface area contributed by atoms with Crippen molar-refractivity contribution < 1.29 is 22.0 Å². The summed E-state index contributed by atoms with van der Waals surface area (Å²) in [6, 6.07) is 4.16. The molecule has 0 aliphatic heterocycles. The number of hydrogen-bond acceptors (Lipinski definition) is 3. The molecule has 0 radical (unpaired) electrons. The van der Waals surface area contributed by atoms with Crippen molar-refractivity contribution in [3.8, 4) is 0 Å². The van der Waals surface area contributed by atoms with Crippen LogP contribution in [0.1, 0.15) is 5.56 Å². The lowest BCUT2D eigenvalue weighted by atomic mass is 10.2. The Morgan fingerprint density at radius 2 is 1.59 bits per heavy atom. The Bertz CT molecular complexity index is 677. The van der Waals surface area contributed by atoms with E-state index in [1.54, 1.807) is 19.0 Å². The van der Waals surface area contributed by atoms with Crippen LogP contribution in [0.4, 0.5) is 33.3 Å².